The third-order valence-electron chi connectivity index (χ3n) is 10.9. The molecule has 0 saturated heterocycles. The smallest absolute Gasteiger partial charge is 0.306 e. The number of allylic oxidation sites excluding steroid dienone is 12. The average Bonchev–Trinajstić information content (AvgIpc) is 3.27. The van der Waals surface area contributed by atoms with Gasteiger partial charge < -0.3 is 14.2 Å². The minimum absolute atomic E-state index is 0.0885. The van der Waals surface area contributed by atoms with Gasteiger partial charge in [-0.1, -0.05) is 209 Å². The van der Waals surface area contributed by atoms with Gasteiger partial charge in [-0.15, -0.1) is 0 Å². The highest BCUT2D eigenvalue weighted by Gasteiger charge is 2.19. The van der Waals surface area contributed by atoms with Gasteiger partial charge in [0.25, 0.3) is 0 Å². The molecule has 1 atom stereocenters. The number of carbonyl (C=O) groups is 3. The third-order valence-corrected chi connectivity index (χ3v) is 10.9. The van der Waals surface area contributed by atoms with Crippen LogP contribution in [0.15, 0.2) is 72.9 Å². The van der Waals surface area contributed by atoms with E-state index in [1.807, 2.05) is 0 Å². The zero-order valence-electron chi connectivity index (χ0n) is 40.6. The number of esters is 3. The Hall–Kier alpha value is -3.15. The van der Waals surface area contributed by atoms with Crippen LogP contribution < -0.4 is 0 Å². The van der Waals surface area contributed by atoms with Gasteiger partial charge in [-0.3, -0.25) is 14.4 Å². The molecule has 0 aliphatic carbocycles. The van der Waals surface area contributed by atoms with Gasteiger partial charge in [0.05, 0.1) is 0 Å². The Morgan fingerprint density at radius 2 is 0.629 bits per heavy atom. The molecule has 62 heavy (non-hydrogen) atoms. The van der Waals surface area contributed by atoms with E-state index < -0.39 is 6.10 Å². The lowest BCUT2D eigenvalue weighted by Crippen LogP contribution is -2.30. The molecule has 356 valence electrons. The van der Waals surface area contributed by atoms with Crippen molar-refractivity contribution >= 4 is 17.9 Å². The maximum Gasteiger partial charge on any atom is 0.306 e. The Morgan fingerprint density at radius 3 is 1.02 bits per heavy atom. The van der Waals surface area contributed by atoms with Gasteiger partial charge in [0.1, 0.15) is 13.2 Å². The Kier molecular flexibility index (Phi) is 47.9. The van der Waals surface area contributed by atoms with E-state index in [4.69, 9.17) is 14.2 Å². The van der Waals surface area contributed by atoms with Crippen LogP contribution in [0.25, 0.3) is 0 Å². The van der Waals surface area contributed by atoms with Crippen LogP contribution in [0.4, 0.5) is 0 Å². The average molecular weight is 865 g/mol. The first-order valence-corrected chi connectivity index (χ1v) is 25.9. The highest BCUT2D eigenvalue weighted by Crippen LogP contribution is 2.14. The van der Waals surface area contributed by atoms with Gasteiger partial charge in [-0.05, 0) is 89.9 Å². The first-order chi connectivity index (χ1) is 30.5. The third kappa shape index (κ3) is 47.9. The summed E-state index contributed by atoms with van der Waals surface area (Å²) in [7, 11) is 0. The Morgan fingerprint density at radius 1 is 0.339 bits per heavy atom. The Balaban J connectivity index is 4.44. The number of rotatable bonds is 46. The van der Waals surface area contributed by atoms with Crippen molar-refractivity contribution in [3.8, 4) is 0 Å². The van der Waals surface area contributed by atoms with E-state index in [1.165, 1.54) is 83.5 Å². The van der Waals surface area contributed by atoms with Gasteiger partial charge in [0, 0.05) is 19.3 Å². The number of ether oxygens (including phenoxy) is 3. The summed E-state index contributed by atoms with van der Waals surface area (Å²) in [6.45, 7) is 6.46. The van der Waals surface area contributed by atoms with Crippen molar-refractivity contribution < 1.29 is 28.6 Å². The standard InChI is InChI=1S/C56H96O6/c1-4-7-10-13-16-19-22-25-27-28-30-31-34-37-40-43-46-49-55(58)61-52-53(51-60-54(57)48-45-42-39-36-33-24-21-18-15-12-9-6-3)62-56(59)50-47-44-41-38-35-32-29-26-23-20-17-14-11-8-5-2/h8,11,16-17,19-20,25-27,29-31,53H,4-7,9-10,12-15,18,21-24,28,32-52H2,1-3H3/b11-8-,19-16-,20-17-,27-25-,29-26-,31-30-/t53-/m1/s1. The second-order valence-corrected chi connectivity index (χ2v) is 17.1. The molecule has 0 aromatic rings. The van der Waals surface area contributed by atoms with Crippen LogP contribution in [-0.4, -0.2) is 37.2 Å². The minimum Gasteiger partial charge on any atom is -0.462 e. The molecule has 0 amide bonds. The SMILES string of the molecule is CC/C=C\C/C=C\C/C=C\CCCCCCCC(=O)O[C@@H](COC(=O)CCCCCC/C=C\C/C=C\C/C=C\CCCCC)COC(=O)CCCCCCCCCCCCCC. The monoisotopic (exact) mass is 865 g/mol. The molecule has 0 rings (SSSR count). The Bertz CT molecular complexity index is 1180. The second kappa shape index (κ2) is 50.5. The van der Waals surface area contributed by atoms with Crippen molar-refractivity contribution in [1.29, 1.82) is 0 Å². The molecule has 0 aromatic heterocycles. The van der Waals surface area contributed by atoms with Gasteiger partial charge >= 0.3 is 17.9 Å². The number of unbranched alkanes of at least 4 members (excludes halogenated alkanes) is 23. The largest absolute Gasteiger partial charge is 0.462 e. The maximum atomic E-state index is 12.8. The summed E-state index contributed by atoms with van der Waals surface area (Å²) in [5, 5.41) is 0. The first-order valence-electron chi connectivity index (χ1n) is 25.9. The number of carbonyl (C=O) groups excluding carboxylic acids is 3. The van der Waals surface area contributed by atoms with Crippen LogP contribution in [0.1, 0.15) is 245 Å². The van der Waals surface area contributed by atoms with E-state index in [0.717, 1.165) is 122 Å². The predicted octanol–water partition coefficient (Wildman–Crippen LogP) is 17.0. The van der Waals surface area contributed by atoms with E-state index in [-0.39, 0.29) is 31.1 Å². The van der Waals surface area contributed by atoms with Crippen molar-refractivity contribution in [3.63, 3.8) is 0 Å². The van der Waals surface area contributed by atoms with E-state index in [1.54, 1.807) is 0 Å². The Labute approximate surface area is 382 Å². The predicted molar refractivity (Wildman–Crippen MR) is 265 cm³/mol. The molecular weight excluding hydrogens is 769 g/mol. The number of hydrogen-bond acceptors (Lipinski definition) is 6. The zero-order chi connectivity index (χ0) is 45.1. The van der Waals surface area contributed by atoms with Crippen molar-refractivity contribution in [2.24, 2.45) is 0 Å². The molecule has 0 aliphatic rings. The van der Waals surface area contributed by atoms with Crippen LogP contribution in [0.5, 0.6) is 0 Å². The molecule has 0 aromatic carbocycles. The minimum atomic E-state index is -0.791. The molecule has 0 heterocycles. The second-order valence-electron chi connectivity index (χ2n) is 17.1. The number of hydrogen-bond donors (Lipinski definition) is 0. The van der Waals surface area contributed by atoms with Crippen molar-refractivity contribution in [1.82, 2.24) is 0 Å². The molecule has 0 saturated carbocycles. The molecule has 6 heteroatoms. The quantitative estimate of drug-likeness (QED) is 0.0262. The summed E-state index contributed by atoms with van der Waals surface area (Å²) in [6, 6.07) is 0. The molecule has 0 spiro atoms. The van der Waals surface area contributed by atoms with E-state index >= 15 is 0 Å². The van der Waals surface area contributed by atoms with Crippen molar-refractivity contribution in [2.75, 3.05) is 13.2 Å². The van der Waals surface area contributed by atoms with Gasteiger partial charge in [0.15, 0.2) is 6.10 Å². The zero-order valence-corrected chi connectivity index (χ0v) is 40.6. The molecule has 0 aliphatic heterocycles. The van der Waals surface area contributed by atoms with Crippen molar-refractivity contribution in [3.05, 3.63) is 72.9 Å². The van der Waals surface area contributed by atoms with Crippen LogP contribution in [-0.2, 0) is 28.6 Å². The van der Waals surface area contributed by atoms with Crippen molar-refractivity contribution in [2.45, 2.75) is 252 Å². The fourth-order valence-corrected chi connectivity index (χ4v) is 7.05. The maximum absolute atomic E-state index is 12.8. The van der Waals surface area contributed by atoms with Gasteiger partial charge in [0.2, 0.25) is 0 Å². The first kappa shape index (κ1) is 58.9. The summed E-state index contributed by atoms with van der Waals surface area (Å²) in [5.74, 6) is -0.926. The molecule has 0 radical (unpaired) electrons. The highest BCUT2D eigenvalue weighted by atomic mass is 16.6. The van der Waals surface area contributed by atoms with E-state index in [2.05, 4.69) is 93.7 Å². The lowest BCUT2D eigenvalue weighted by molar-refractivity contribution is -0.167. The van der Waals surface area contributed by atoms with Gasteiger partial charge in [-0.2, -0.15) is 0 Å². The fourth-order valence-electron chi connectivity index (χ4n) is 7.05. The van der Waals surface area contributed by atoms with E-state index in [0.29, 0.717) is 19.3 Å². The molecule has 0 N–H and O–H groups in total. The van der Waals surface area contributed by atoms with Gasteiger partial charge in [-0.25, -0.2) is 0 Å². The normalized spacial score (nSPS) is 12.6. The molecule has 0 bridgehead atoms. The topological polar surface area (TPSA) is 78.9 Å². The summed E-state index contributed by atoms with van der Waals surface area (Å²) in [4.78, 5) is 38.0. The summed E-state index contributed by atoms with van der Waals surface area (Å²) in [5.41, 5.74) is 0. The molecular formula is C56H96O6. The summed E-state index contributed by atoms with van der Waals surface area (Å²) >= 11 is 0. The summed E-state index contributed by atoms with van der Waals surface area (Å²) < 4.78 is 16.8. The molecule has 6 nitrogen and oxygen atoms in total. The molecule has 0 fully saturated rings. The summed E-state index contributed by atoms with van der Waals surface area (Å²) in [6.07, 6.45) is 63.1. The van der Waals surface area contributed by atoms with Crippen LogP contribution >= 0.6 is 0 Å². The van der Waals surface area contributed by atoms with Crippen LogP contribution in [0.2, 0.25) is 0 Å². The fraction of sp³-hybridized carbons (Fsp3) is 0.732. The highest BCUT2D eigenvalue weighted by molar-refractivity contribution is 5.71. The lowest BCUT2D eigenvalue weighted by Gasteiger charge is -2.18. The lowest BCUT2D eigenvalue weighted by atomic mass is 10.0. The molecule has 0 unspecified atom stereocenters. The van der Waals surface area contributed by atoms with E-state index in [9.17, 15) is 14.4 Å². The van der Waals surface area contributed by atoms with Crippen LogP contribution in [0, 0.1) is 0 Å². The van der Waals surface area contributed by atoms with Crippen LogP contribution in [0.3, 0.4) is 0 Å².